The number of ketones is 1. The second-order valence-corrected chi connectivity index (χ2v) is 6.46. The number of pyridine rings is 1. The summed E-state index contributed by atoms with van der Waals surface area (Å²) in [7, 11) is 0. The summed E-state index contributed by atoms with van der Waals surface area (Å²) in [6, 6.07) is 23.1. The topological polar surface area (TPSA) is 93.7 Å². The molecule has 4 aromatic rings. The molecule has 0 aliphatic carbocycles. The summed E-state index contributed by atoms with van der Waals surface area (Å²) in [5, 5.41) is 2.52. The van der Waals surface area contributed by atoms with Gasteiger partial charge in [-0.3, -0.25) is 14.4 Å². The van der Waals surface area contributed by atoms with E-state index in [9.17, 15) is 14.4 Å². The average molecular weight is 383 g/mol. The summed E-state index contributed by atoms with van der Waals surface area (Å²) < 4.78 is 1.68. The van der Waals surface area contributed by atoms with E-state index >= 15 is 0 Å². The molecule has 2 heterocycles. The standard InChI is InChI=1S/C23H17N3O3/c24-22(28)17-11-4-5-12-19(17)25-23(29)21(27)20-18(15-8-2-1-3-9-15)14-16-10-6-7-13-26(16)20/h1-14H,(H2,24,28)(H,25,29). The molecule has 0 spiro atoms. The van der Waals surface area contributed by atoms with Gasteiger partial charge in [-0.1, -0.05) is 48.5 Å². The summed E-state index contributed by atoms with van der Waals surface area (Å²) in [5.74, 6) is -2.25. The fourth-order valence-corrected chi connectivity index (χ4v) is 3.29. The van der Waals surface area contributed by atoms with Crippen molar-refractivity contribution in [2.75, 3.05) is 5.32 Å². The summed E-state index contributed by atoms with van der Waals surface area (Å²) in [6.07, 6.45) is 1.74. The number of amides is 2. The Bertz CT molecular complexity index is 1240. The number of nitrogens with two attached hydrogens (primary N) is 1. The lowest BCUT2D eigenvalue weighted by Gasteiger charge is -2.10. The van der Waals surface area contributed by atoms with Gasteiger partial charge < -0.3 is 15.5 Å². The predicted octanol–water partition coefficient (Wildman–Crippen LogP) is 3.53. The largest absolute Gasteiger partial charge is 0.366 e. The monoisotopic (exact) mass is 383 g/mol. The van der Waals surface area contributed by atoms with Gasteiger partial charge in [-0.25, -0.2) is 0 Å². The number of primary amides is 1. The smallest absolute Gasteiger partial charge is 0.298 e. The summed E-state index contributed by atoms with van der Waals surface area (Å²) in [5.41, 5.74) is 8.21. The molecule has 0 radical (unpaired) electrons. The molecule has 6 nitrogen and oxygen atoms in total. The highest BCUT2D eigenvalue weighted by atomic mass is 16.2. The van der Waals surface area contributed by atoms with Gasteiger partial charge >= 0.3 is 0 Å². The summed E-state index contributed by atoms with van der Waals surface area (Å²) in [6.45, 7) is 0. The van der Waals surface area contributed by atoms with Crippen molar-refractivity contribution in [2.45, 2.75) is 0 Å². The first-order chi connectivity index (χ1) is 14.1. The highest BCUT2D eigenvalue weighted by Crippen LogP contribution is 2.28. The van der Waals surface area contributed by atoms with Crippen LogP contribution in [-0.2, 0) is 4.79 Å². The molecule has 0 saturated heterocycles. The van der Waals surface area contributed by atoms with E-state index in [1.54, 1.807) is 28.8 Å². The minimum Gasteiger partial charge on any atom is -0.366 e. The van der Waals surface area contributed by atoms with Gasteiger partial charge in [0.1, 0.15) is 5.69 Å². The predicted molar refractivity (Wildman–Crippen MR) is 111 cm³/mol. The molecular formula is C23H17N3O3. The summed E-state index contributed by atoms with van der Waals surface area (Å²) in [4.78, 5) is 37.5. The van der Waals surface area contributed by atoms with Crippen LogP contribution in [0.4, 0.5) is 5.69 Å². The molecule has 0 aliphatic rings. The van der Waals surface area contributed by atoms with Crippen LogP contribution in [0.3, 0.4) is 0 Å². The van der Waals surface area contributed by atoms with Gasteiger partial charge in [0.15, 0.2) is 0 Å². The van der Waals surface area contributed by atoms with Crippen LogP contribution in [0.25, 0.3) is 16.6 Å². The maximum atomic E-state index is 13.2. The Morgan fingerprint density at radius 1 is 0.828 bits per heavy atom. The van der Waals surface area contributed by atoms with Crippen molar-refractivity contribution in [1.82, 2.24) is 4.40 Å². The SMILES string of the molecule is NC(=O)c1ccccc1NC(=O)C(=O)c1c(-c2ccccc2)cc2ccccn12. The number of nitrogens with one attached hydrogen (secondary N) is 1. The quantitative estimate of drug-likeness (QED) is 0.408. The third-order valence-corrected chi connectivity index (χ3v) is 4.63. The van der Waals surface area contributed by atoms with Gasteiger partial charge in [-0.2, -0.15) is 0 Å². The Labute approximate surface area is 166 Å². The Hall–Kier alpha value is -4.19. The Morgan fingerprint density at radius 3 is 2.28 bits per heavy atom. The van der Waals surface area contributed by atoms with Crippen molar-refractivity contribution in [3.8, 4) is 11.1 Å². The van der Waals surface area contributed by atoms with Crippen LogP contribution in [-0.4, -0.2) is 22.0 Å². The highest BCUT2D eigenvalue weighted by molar-refractivity contribution is 6.47. The number of benzene rings is 2. The van der Waals surface area contributed by atoms with Crippen LogP contribution in [0.15, 0.2) is 85.1 Å². The van der Waals surface area contributed by atoms with Crippen LogP contribution in [0, 0.1) is 0 Å². The van der Waals surface area contributed by atoms with E-state index in [-0.39, 0.29) is 16.9 Å². The molecule has 2 aromatic heterocycles. The van der Waals surface area contributed by atoms with E-state index in [4.69, 9.17) is 5.73 Å². The molecule has 0 fully saturated rings. The lowest BCUT2D eigenvalue weighted by atomic mass is 10.0. The van der Waals surface area contributed by atoms with Gasteiger partial charge in [0, 0.05) is 17.3 Å². The molecule has 4 rings (SSSR count). The first-order valence-corrected chi connectivity index (χ1v) is 8.96. The molecule has 6 heteroatoms. The zero-order valence-corrected chi connectivity index (χ0v) is 15.3. The van der Waals surface area contributed by atoms with Gasteiger partial charge in [0.2, 0.25) is 0 Å². The lowest BCUT2D eigenvalue weighted by Crippen LogP contribution is -2.26. The number of hydrogen-bond donors (Lipinski definition) is 2. The van der Waals surface area contributed by atoms with E-state index in [0.717, 1.165) is 11.1 Å². The van der Waals surface area contributed by atoms with E-state index in [1.165, 1.54) is 12.1 Å². The Morgan fingerprint density at radius 2 is 1.52 bits per heavy atom. The molecule has 0 bridgehead atoms. The number of para-hydroxylation sites is 1. The molecule has 0 unspecified atom stereocenters. The zero-order chi connectivity index (χ0) is 20.4. The number of hydrogen-bond acceptors (Lipinski definition) is 3. The molecule has 2 aromatic carbocycles. The van der Waals surface area contributed by atoms with Crippen LogP contribution < -0.4 is 11.1 Å². The van der Waals surface area contributed by atoms with Crippen molar-refractivity contribution in [1.29, 1.82) is 0 Å². The fourth-order valence-electron chi connectivity index (χ4n) is 3.29. The third-order valence-electron chi connectivity index (χ3n) is 4.63. The number of rotatable bonds is 5. The van der Waals surface area contributed by atoms with Gasteiger partial charge in [0.25, 0.3) is 17.6 Å². The Kier molecular flexibility index (Phi) is 4.66. The maximum absolute atomic E-state index is 13.2. The second-order valence-electron chi connectivity index (χ2n) is 6.46. The third kappa shape index (κ3) is 3.39. The number of fused-ring (bicyclic) bond motifs is 1. The van der Waals surface area contributed by atoms with Crippen LogP contribution in [0.5, 0.6) is 0 Å². The molecule has 0 saturated carbocycles. The van der Waals surface area contributed by atoms with Gasteiger partial charge in [-0.15, -0.1) is 0 Å². The molecule has 0 aliphatic heterocycles. The number of carbonyl (C=O) groups is 3. The van der Waals surface area contributed by atoms with Crippen molar-refractivity contribution in [2.24, 2.45) is 5.73 Å². The number of anilines is 1. The van der Waals surface area contributed by atoms with Gasteiger partial charge in [0.05, 0.1) is 11.3 Å². The molecule has 29 heavy (non-hydrogen) atoms. The minimum absolute atomic E-state index is 0.136. The van der Waals surface area contributed by atoms with E-state index in [0.29, 0.717) is 5.56 Å². The number of Topliss-reactive ketones (excluding diaryl/α,β-unsaturated/α-hetero) is 1. The fraction of sp³-hybridized carbons (Fsp3) is 0. The van der Waals surface area contributed by atoms with Gasteiger partial charge in [-0.05, 0) is 35.9 Å². The molecule has 2 amide bonds. The van der Waals surface area contributed by atoms with Crippen molar-refractivity contribution >= 4 is 28.8 Å². The van der Waals surface area contributed by atoms with E-state index in [1.807, 2.05) is 48.5 Å². The number of aromatic nitrogens is 1. The lowest BCUT2D eigenvalue weighted by molar-refractivity contribution is -0.112. The number of carbonyl (C=O) groups excluding carboxylic acids is 3. The first kappa shape index (κ1) is 18.2. The first-order valence-electron chi connectivity index (χ1n) is 8.96. The van der Waals surface area contributed by atoms with Crippen LogP contribution in [0.1, 0.15) is 20.8 Å². The normalized spacial score (nSPS) is 10.6. The molecule has 3 N–H and O–H groups in total. The molecule has 142 valence electrons. The minimum atomic E-state index is -0.847. The Balaban J connectivity index is 1.78. The highest BCUT2D eigenvalue weighted by Gasteiger charge is 2.25. The average Bonchev–Trinajstić information content (AvgIpc) is 3.13. The van der Waals surface area contributed by atoms with E-state index in [2.05, 4.69) is 5.32 Å². The maximum Gasteiger partial charge on any atom is 0.298 e. The molecular weight excluding hydrogens is 366 g/mol. The van der Waals surface area contributed by atoms with Crippen molar-refractivity contribution in [3.63, 3.8) is 0 Å². The van der Waals surface area contributed by atoms with E-state index < -0.39 is 17.6 Å². The molecule has 0 atom stereocenters. The van der Waals surface area contributed by atoms with Crippen LogP contribution >= 0.6 is 0 Å². The van der Waals surface area contributed by atoms with Crippen molar-refractivity contribution in [3.05, 3.63) is 96.3 Å². The second kappa shape index (κ2) is 7.44. The summed E-state index contributed by atoms with van der Waals surface area (Å²) >= 11 is 0. The van der Waals surface area contributed by atoms with Crippen LogP contribution in [0.2, 0.25) is 0 Å². The zero-order valence-electron chi connectivity index (χ0n) is 15.3. The number of nitrogens with zero attached hydrogens (tertiary/aromatic N) is 1. The van der Waals surface area contributed by atoms with Crippen molar-refractivity contribution < 1.29 is 14.4 Å².